The van der Waals surface area contributed by atoms with Gasteiger partial charge in [0.1, 0.15) is 28.3 Å². The number of halogens is 1. The molecule has 0 unspecified atom stereocenters. The smallest absolute Gasteiger partial charge is 0.269 e. The van der Waals surface area contributed by atoms with Crippen molar-refractivity contribution in [3.8, 4) is 56.7 Å². The topological polar surface area (TPSA) is 305 Å². The summed E-state index contributed by atoms with van der Waals surface area (Å²) in [5, 5.41) is 17.4. The summed E-state index contributed by atoms with van der Waals surface area (Å²) < 4.78 is 72.8. The first-order valence-corrected chi connectivity index (χ1v) is 36.4. The predicted molar refractivity (Wildman–Crippen MR) is 408 cm³/mol. The molecule has 14 heterocycles. The number of H-pyrrole nitrogens is 3. The molecule has 3 aliphatic heterocycles. The van der Waals surface area contributed by atoms with Crippen molar-refractivity contribution in [1.29, 1.82) is 0 Å². The fourth-order valence-electron chi connectivity index (χ4n) is 13.0. The molecular formula is C75H85ClN19O7S2W-. The summed E-state index contributed by atoms with van der Waals surface area (Å²) in [6, 6.07) is 30.9. The molecule has 0 spiro atoms. The molecule has 0 aliphatic carbocycles. The first kappa shape index (κ1) is 77.9. The van der Waals surface area contributed by atoms with Gasteiger partial charge in [-0.15, -0.1) is 0 Å². The van der Waals surface area contributed by atoms with Crippen molar-refractivity contribution in [3.05, 3.63) is 187 Å². The van der Waals surface area contributed by atoms with Crippen LogP contribution < -0.4 is 14.7 Å². The van der Waals surface area contributed by atoms with Gasteiger partial charge in [-0.3, -0.25) is 10.2 Å². The molecule has 0 saturated carbocycles. The molecule has 0 radical (unpaired) electrons. The largest absolute Gasteiger partial charge is 0.377 e. The molecule has 0 bridgehead atoms. The molecule has 3 aliphatic rings. The number of nitrogens with zero attached hydrogens (tertiary/aromatic N) is 16. The normalized spacial score (nSPS) is 16.1. The van der Waals surface area contributed by atoms with Gasteiger partial charge in [0.25, 0.3) is 20.0 Å². The van der Waals surface area contributed by atoms with Gasteiger partial charge in [0.15, 0.2) is 28.8 Å². The number of morpholine rings is 3. The number of anilines is 3. The van der Waals surface area contributed by atoms with Crippen LogP contribution in [0.15, 0.2) is 150 Å². The predicted octanol–water partition coefficient (Wildman–Crippen LogP) is 13.2. The molecule has 30 heteroatoms. The van der Waals surface area contributed by atoms with Crippen molar-refractivity contribution in [1.82, 2.24) is 78.2 Å². The first-order valence-electron chi connectivity index (χ1n) is 33.1. The van der Waals surface area contributed by atoms with E-state index in [0.29, 0.717) is 114 Å². The zero-order valence-electron chi connectivity index (χ0n) is 58.5. The van der Waals surface area contributed by atoms with E-state index < -0.39 is 20.0 Å². The van der Waals surface area contributed by atoms with Gasteiger partial charge >= 0.3 is 0 Å². The minimum atomic E-state index is -3.85. The third-order valence-corrected chi connectivity index (χ3v) is 21.9. The number of benzene rings is 2. The van der Waals surface area contributed by atoms with Crippen molar-refractivity contribution in [2.45, 2.75) is 105 Å². The number of aromatic nitrogens is 16. The van der Waals surface area contributed by atoms with Gasteiger partial charge in [0.2, 0.25) is 0 Å². The molecule has 16 rings (SSSR count). The van der Waals surface area contributed by atoms with E-state index in [1.54, 1.807) is 91.4 Å². The Morgan fingerprint density at radius 2 is 0.857 bits per heavy atom. The number of fused-ring (bicyclic) bond motifs is 3. The van der Waals surface area contributed by atoms with Crippen LogP contribution in [0.5, 0.6) is 0 Å². The SMILES string of the molecule is C.C.Cc1ccc(S(=O)(=O)n2ccc3c(-c4nc(-c5c(C)n[nH]c5C)cc(N5CCOC[C@H]5C)n4)ccnc32)cc1.Cc1ccc(S(=O)(=O)n2ccc3c(-c4nc(Cl)cc(N5CCOC[C@H]5C)n4)ccnc32)cc1.Cc1n[nH]c(C)c1-c1cc(N2CCOC[C@H]2C)nc(-c2ccnc3[nH]ccc23)n1.[CH3-].[W]. The van der Waals surface area contributed by atoms with Crippen LogP contribution in [-0.4, -0.2) is 172 Å². The Morgan fingerprint density at radius 3 is 1.25 bits per heavy atom. The van der Waals surface area contributed by atoms with E-state index >= 15 is 0 Å². The molecule has 3 saturated heterocycles. The number of hydrogen-bond acceptors (Lipinski definition) is 21. The second-order valence-corrected chi connectivity index (χ2v) is 29.4. The minimum Gasteiger partial charge on any atom is -0.377 e. The van der Waals surface area contributed by atoms with E-state index in [9.17, 15) is 16.8 Å². The van der Waals surface area contributed by atoms with Crippen LogP contribution in [0.3, 0.4) is 0 Å². The fraction of sp³-hybridized carbons (Fsp3) is 0.307. The van der Waals surface area contributed by atoms with Gasteiger partial charge in [0.05, 0.1) is 90.3 Å². The van der Waals surface area contributed by atoms with Crippen molar-refractivity contribution in [3.63, 3.8) is 0 Å². The maximum absolute atomic E-state index is 13.5. The third kappa shape index (κ3) is 15.6. The van der Waals surface area contributed by atoms with Crippen LogP contribution in [0.25, 0.3) is 89.8 Å². The number of nitrogens with one attached hydrogen (secondary N) is 3. The molecule has 26 nitrogen and oxygen atoms in total. The van der Waals surface area contributed by atoms with Gasteiger partial charge in [-0.25, -0.2) is 69.6 Å². The average Bonchev–Trinajstić information content (AvgIpc) is 1.65. The van der Waals surface area contributed by atoms with E-state index in [1.165, 1.54) is 20.3 Å². The van der Waals surface area contributed by atoms with Crippen LogP contribution >= 0.6 is 11.6 Å². The van der Waals surface area contributed by atoms with Gasteiger partial charge in [0, 0.05) is 151 Å². The monoisotopic (exact) mass is 1650 g/mol. The molecule has 0 amide bonds. The van der Waals surface area contributed by atoms with Crippen molar-refractivity contribution >= 4 is 82.2 Å². The Labute approximate surface area is 630 Å². The average molecular weight is 1650 g/mol. The summed E-state index contributed by atoms with van der Waals surface area (Å²) in [6.07, 6.45) is 9.87. The minimum absolute atomic E-state index is 0. The van der Waals surface area contributed by atoms with Crippen LogP contribution in [0, 0.1) is 49.0 Å². The molecule has 3 fully saturated rings. The summed E-state index contributed by atoms with van der Waals surface area (Å²) >= 11 is 6.36. The molecule has 2 aromatic carbocycles. The number of pyridine rings is 3. The number of hydrogen-bond donors (Lipinski definition) is 3. The van der Waals surface area contributed by atoms with Crippen LogP contribution in [0.4, 0.5) is 17.5 Å². The van der Waals surface area contributed by atoms with Gasteiger partial charge in [-0.1, -0.05) is 61.8 Å². The Balaban J connectivity index is 0.000000167. The number of ether oxygens (including phenoxy) is 3. The van der Waals surface area contributed by atoms with Gasteiger partial charge in [-0.2, -0.15) is 10.2 Å². The van der Waals surface area contributed by atoms with Crippen LogP contribution in [0.2, 0.25) is 5.15 Å². The van der Waals surface area contributed by atoms with E-state index in [-0.39, 0.29) is 71.3 Å². The number of aromatic amines is 3. The van der Waals surface area contributed by atoms with E-state index in [2.05, 4.69) is 86.9 Å². The van der Waals surface area contributed by atoms with Crippen molar-refractivity contribution in [2.24, 2.45) is 0 Å². The van der Waals surface area contributed by atoms with E-state index in [1.807, 2.05) is 72.0 Å². The van der Waals surface area contributed by atoms with Crippen molar-refractivity contribution < 1.29 is 52.1 Å². The Morgan fingerprint density at radius 1 is 0.476 bits per heavy atom. The summed E-state index contributed by atoms with van der Waals surface area (Å²) in [4.78, 5) is 52.4. The van der Waals surface area contributed by atoms with Crippen LogP contribution in [0.1, 0.15) is 69.5 Å². The Kier molecular flexibility index (Phi) is 24.0. The number of rotatable bonds is 12. The van der Waals surface area contributed by atoms with Gasteiger partial charge in [-0.05, 0) is 123 Å². The quantitative estimate of drug-likeness (QED) is 0.0756. The summed E-state index contributed by atoms with van der Waals surface area (Å²) in [6.45, 7) is 24.1. The molecule has 105 heavy (non-hydrogen) atoms. The van der Waals surface area contributed by atoms with Gasteiger partial charge < -0.3 is 41.3 Å². The zero-order valence-corrected chi connectivity index (χ0v) is 63.8. The maximum Gasteiger partial charge on any atom is 0.269 e. The molecular weight excluding hydrogens is 1560 g/mol. The second-order valence-electron chi connectivity index (χ2n) is 25.4. The molecule has 3 N–H and O–H groups in total. The second kappa shape index (κ2) is 32.4. The van der Waals surface area contributed by atoms with Crippen LogP contribution in [-0.2, 0) is 55.3 Å². The summed E-state index contributed by atoms with van der Waals surface area (Å²) in [5.41, 5.74) is 13.0. The fourth-order valence-corrected chi connectivity index (χ4v) is 15.8. The number of aryl methyl sites for hydroxylation is 6. The standard InChI is InChI=1S/C28H29N7O3S.C23H22ClN5O3S.C21H23N7O.2CH4.CH3.W/c1-17-5-7-21(8-6-17)39(36,37)35-12-10-23-22(9-11-29-28(23)35)27-30-24(26-19(3)32-33-20(26)4)15-25(31-27)34-13-14-38-16-18(34)2;1-15-3-5-17(6-4-15)33(30,31)29-10-8-19-18(7-9-25-23(19)29)22-26-20(24)13-21(27-22)28-11-12-32-14-16(28)2;1-12-11-29-9-8-28(12)18-10-17(19-13(2)26-27-14(19)3)24-21(25-18)16-5-7-23-20-15(16)4-6-22-20;;;;/h5-12,15,18H,13-14,16H2,1-4H3,(H,32,33);3-10,13,16H,11-12,14H2,1-2H3;4-7,10,12H,8-9,11H2,1-3H3,(H,22,23)(H,26,27);2*1H4;1H3;/q;;;;;-1;/t18-;16-;12-;;;;/m111..../s1. The summed E-state index contributed by atoms with van der Waals surface area (Å²) in [7, 11) is -7.66. The molecule has 11 aromatic heterocycles. The molecule has 3 atom stereocenters. The van der Waals surface area contributed by atoms with Crippen molar-refractivity contribution in [2.75, 3.05) is 74.0 Å². The van der Waals surface area contributed by atoms with E-state index in [0.717, 1.165) is 91.2 Å². The Bertz CT molecular complexity index is 5440. The maximum atomic E-state index is 13.5. The molecule has 13 aromatic rings. The first-order chi connectivity index (χ1) is 48.7. The van der Waals surface area contributed by atoms with E-state index in [4.69, 9.17) is 50.7 Å². The molecule has 548 valence electrons. The third-order valence-electron chi connectivity index (χ3n) is 18.3. The zero-order chi connectivity index (χ0) is 70.4. The Hall–Kier alpha value is -9.67. The summed E-state index contributed by atoms with van der Waals surface area (Å²) in [5.74, 6) is 3.97.